The monoisotopic (exact) mass is 609 g/mol. The van der Waals surface area contributed by atoms with E-state index < -0.39 is 28.5 Å². The van der Waals surface area contributed by atoms with Crippen molar-refractivity contribution in [1.29, 1.82) is 0 Å². The van der Waals surface area contributed by atoms with Gasteiger partial charge in [0.15, 0.2) is 0 Å². The smallest absolute Gasteiger partial charge is 0.264 e. The molecule has 0 bridgehead atoms. The van der Waals surface area contributed by atoms with E-state index in [1.54, 1.807) is 48.5 Å². The Bertz CT molecular complexity index is 1490. The molecule has 3 aromatic rings. The molecule has 4 rings (SSSR count). The molecule has 3 aromatic carbocycles. The number of hydrogen-bond donors (Lipinski definition) is 1. The van der Waals surface area contributed by atoms with Gasteiger partial charge in [-0.25, -0.2) is 8.42 Å². The molecule has 0 heterocycles. The van der Waals surface area contributed by atoms with Crippen LogP contribution in [0.15, 0.2) is 77.7 Å². The maximum absolute atomic E-state index is 14.3. The predicted octanol–water partition coefficient (Wildman–Crippen LogP) is 6.27. The Balaban J connectivity index is 1.75. The van der Waals surface area contributed by atoms with Gasteiger partial charge in [0.05, 0.1) is 10.6 Å². The average Bonchev–Trinajstić information content (AvgIpc) is 3.49. The third-order valence-electron chi connectivity index (χ3n) is 7.92. The maximum atomic E-state index is 14.3. The molecule has 0 radical (unpaired) electrons. The second kappa shape index (κ2) is 14.2. The lowest BCUT2D eigenvalue weighted by Crippen LogP contribution is -2.53. The summed E-state index contributed by atoms with van der Waals surface area (Å²) in [5.41, 5.74) is 2.84. The van der Waals surface area contributed by atoms with Crippen LogP contribution in [0.3, 0.4) is 0 Å². The van der Waals surface area contributed by atoms with E-state index in [-0.39, 0.29) is 23.4 Å². The van der Waals surface area contributed by atoms with E-state index in [4.69, 9.17) is 11.6 Å². The quantitative estimate of drug-likeness (QED) is 0.262. The average molecular weight is 610 g/mol. The molecule has 0 unspecified atom stereocenters. The molecular formula is C33H40ClN3O4S. The molecule has 1 saturated carbocycles. The van der Waals surface area contributed by atoms with Crippen LogP contribution in [0, 0.1) is 6.92 Å². The number of carbonyl (C=O) groups excluding carboxylic acids is 2. The van der Waals surface area contributed by atoms with Gasteiger partial charge in [0, 0.05) is 17.6 Å². The molecule has 0 aliphatic heterocycles. The minimum Gasteiger partial charge on any atom is -0.352 e. The zero-order valence-corrected chi connectivity index (χ0v) is 26.1. The van der Waals surface area contributed by atoms with Crippen LogP contribution in [0.5, 0.6) is 0 Å². The van der Waals surface area contributed by atoms with Crippen molar-refractivity contribution in [3.63, 3.8) is 0 Å². The molecule has 1 atom stereocenters. The SMILES string of the molecule is CCc1ccccc1N(CC(=O)N(Cc1ccccc1Cl)[C@H](CC)C(=O)NC1CCCC1)S(=O)(=O)c1ccc(C)cc1. The normalized spacial score (nSPS) is 14.4. The number of carbonyl (C=O) groups is 2. The number of hydrogen-bond acceptors (Lipinski definition) is 4. The standard InChI is InChI=1S/C33H40ClN3O4S/c1-4-25-12-7-11-17-31(25)37(42(40,41)28-20-18-24(3)19-21-28)23-32(38)36(22-26-13-6-10-16-29(26)34)30(5-2)33(39)35-27-14-8-9-15-27/h6-7,10-13,16-21,27,30H,4-5,8-9,14-15,22-23H2,1-3H3,(H,35,39)/t30-/m1/s1. The summed E-state index contributed by atoms with van der Waals surface area (Å²) in [5.74, 6) is -0.711. The molecule has 1 fully saturated rings. The second-order valence-corrected chi connectivity index (χ2v) is 13.1. The summed E-state index contributed by atoms with van der Waals surface area (Å²) in [6, 6.07) is 20.3. The number of benzene rings is 3. The van der Waals surface area contributed by atoms with Crippen molar-refractivity contribution < 1.29 is 18.0 Å². The number of anilines is 1. The summed E-state index contributed by atoms with van der Waals surface area (Å²) in [6.07, 6.45) is 4.90. The predicted molar refractivity (Wildman–Crippen MR) is 168 cm³/mol. The molecule has 224 valence electrons. The van der Waals surface area contributed by atoms with Crippen LogP contribution < -0.4 is 9.62 Å². The number of aryl methyl sites for hydroxylation is 2. The Morgan fingerprint density at radius 2 is 1.55 bits per heavy atom. The Labute approximate surface area is 254 Å². The number of para-hydroxylation sites is 1. The summed E-state index contributed by atoms with van der Waals surface area (Å²) in [4.78, 5) is 29.5. The molecule has 42 heavy (non-hydrogen) atoms. The molecule has 9 heteroatoms. The van der Waals surface area contributed by atoms with Crippen molar-refractivity contribution in [1.82, 2.24) is 10.2 Å². The van der Waals surface area contributed by atoms with E-state index in [0.717, 1.165) is 36.8 Å². The Morgan fingerprint density at radius 3 is 2.17 bits per heavy atom. The van der Waals surface area contributed by atoms with Crippen molar-refractivity contribution >= 4 is 39.1 Å². The van der Waals surface area contributed by atoms with Gasteiger partial charge < -0.3 is 10.2 Å². The Morgan fingerprint density at radius 1 is 0.929 bits per heavy atom. The Hall–Kier alpha value is -3.36. The van der Waals surface area contributed by atoms with E-state index >= 15 is 0 Å². The zero-order chi connectivity index (χ0) is 30.3. The third kappa shape index (κ3) is 7.34. The van der Waals surface area contributed by atoms with Gasteiger partial charge in [-0.15, -0.1) is 0 Å². The van der Waals surface area contributed by atoms with Crippen molar-refractivity contribution in [2.45, 2.75) is 82.8 Å². The van der Waals surface area contributed by atoms with Crippen LogP contribution in [0.1, 0.15) is 62.6 Å². The van der Waals surface area contributed by atoms with E-state index in [2.05, 4.69) is 5.32 Å². The number of sulfonamides is 1. The summed E-state index contributed by atoms with van der Waals surface area (Å²) >= 11 is 6.50. The van der Waals surface area contributed by atoms with E-state index in [1.807, 2.05) is 45.0 Å². The molecule has 0 aromatic heterocycles. The summed E-state index contributed by atoms with van der Waals surface area (Å²) < 4.78 is 29.5. The van der Waals surface area contributed by atoms with Crippen molar-refractivity contribution in [3.05, 3.63) is 94.5 Å². The number of amides is 2. The fraction of sp³-hybridized carbons (Fsp3) is 0.394. The van der Waals surface area contributed by atoms with Crippen LogP contribution >= 0.6 is 11.6 Å². The van der Waals surface area contributed by atoms with Crippen LogP contribution in [0.4, 0.5) is 5.69 Å². The number of nitrogens with one attached hydrogen (secondary N) is 1. The number of nitrogens with zero attached hydrogens (tertiary/aromatic N) is 2. The lowest BCUT2D eigenvalue weighted by atomic mass is 10.1. The second-order valence-electron chi connectivity index (χ2n) is 10.8. The lowest BCUT2D eigenvalue weighted by molar-refractivity contribution is -0.140. The van der Waals surface area contributed by atoms with Gasteiger partial charge in [-0.3, -0.25) is 13.9 Å². The van der Waals surface area contributed by atoms with Crippen molar-refractivity contribution in [2.24, 2.45) is 0 Å². The first-order valence-corrected chi connectivity index (χ1v) is 16.5. The van der Waals surface area contributed by atoms with Gasteiger partial charge in [0.2, 0.25) is 11.8 Å². The highest BCUT2D eigenvalue weighted by molar-refractivity contribution is 7.92. The minimum atomic E-state index is -4.13. The maximum Gasteiger partial charge on any atom is 0.264 e. The lowest BCUT2D eigenvalue weighted by Gasteiger charge is -2.34. The molecule has 1 N–H and O–H groups in total. The largest absolute Gasteiger partial charge is 0.352 e. The summed E-state index contributed by atoms with van der Waals surface area (Å²) in [5, 5.41) is 3.61. The van der Waals surface area contributed by atoms with Crippen molar-refractivity contribution in [3.8, 4) is 0 Å². The summed E-state index contributed by atoms with van der Waals surface area (Å²) in [7, 11) is -4.13. The molecule has 1 aliphatic rings. The minimum absolute atomic E-state index is 0.0724. The van der Waals surface area contributed by atoms with Crippen LogP contribution in [-0.4, -0.2) is 43.8 Å². The van der Waals surface area contributed by atoms with Gasteiger partial charge in [-0.05, 0) is 68.0 Å². The van der Waals surface area contributed by atoms with E-state index in [0.29, 0.717) is 29.1 Å². The first-order chi connectivity index (χ1) is 20.1. The molecular weight excluding hydrogens is 570 g/mol. The molecule has 0 saturated heterocycles. The highest BCUT2D eigenvalue weighted by Crippen LogP contribution is 2.29. The third-order valence-corrected chi connectivity index (χ3v) is 10.1. The first-order valence-electron chi connectivity index (χ1n) is 14.7. The van der Waals surface area contributed by atoms with Crippen molar-refractivity contribution in [2.75, 3.05) is 10.8 Å². The van der Waals surface area contributed by atoms with Gasteiger partial charge in [-0.1, -0.05) is 92.4 Å². The highest BCUT2D eigenvalue weighted by Gasteiger charge is 2.35. The van der Waals surface area contributed by atoms with Crippen LogP contribution in [0.2, 0.25) is 5.02 Å². The van der Waals surface area contributed by atoms with Gasteiger partial charge in [-0.2, -0.15) is 0 Å². The summed E-state index contributed by atoms with van der Waals surface area (Å²) in [6.45, 7) is 5.30. The molecule has 1 aliphatic carbocycles. The molecule has 2 amide bonds. The first kappa shape index (κ1) is 31.6. The Kier molecular flexibility index (Phi) is 10.7. The molecule has 7 nitrogen and oxygen atoms in total. The van der Waals surface area contributed by atoms with Crippen LogP contribution in [-0.2, 0) is 32.6 Å². The van der Waals surface area contributed by atoms with Gasteiger partial charge in [0.1, 0.15) is 12.6 Å². The number of halogens is 1. The topological polar surface area (TPSA) is 86.8 Å². The highest BCUT2D eigenvalue weighted by atomic mass is 35.5. The van der Waals surface area contributed by atoms with E-state index in [1.165, 1.54) is 9.21 Å². The van der Waals surface area contributed by atoms with Gasteiger partial charge in [0.25, 0.3) is 10.0 Å². The van der Waals surface area contributed by atoms with Crippen LogP contribution in [0.25, 0.3) is 0 Å². The number of rotatable bonds is 12. The van der Waals surface area contributed by atoms with E-state index in [9.17, 15) is 18.0 Å². The molecule has 0 spiro atoms. The fourth-order valence-electron chi connectivity index (χ4n) is 5.50. The van der Waals surface area contributed by atoms with Gasteiger partial charge >= 0.3 is 0 Å². The zero-order valence-electron chi connectivity index (χ0n) is 24.6. The fourth-order valence-corrected chi connectivity index (χ4v) is 7.15.